The summed E-state index contributed by atoms with van der Waals surface area (Å²) >= 11 is 5.94. The minimum absolute atomic E-state index is 0.614. The van der Waals surface area contributed by atoms with E-state index < -0.39 is 0 Å². The molecule has 0 aliphatic carbocycles. The van der Waals surface area contributed by atoms with Crippen molar-refractivity contribution in [2.45, 2.75) is 6.92 Å². The minimum Gasteiger partial charge on any atom is -0.456 e. The van der Waals surface area contributed by atoms with Gasteiger partial charge >= 0.3 is 0 Å². The van der Waals surface area contributed by atoms with E-state index in [9.17, 15) is 0 Å². The van der Waals surface area contributed by atoms with Crippen molar-refractivity contribution in [1.29, 1.82) is 0 Å². The van der Waals surface area contributed by atoms with Crippen molar-refractivity contribution < 1.29 is 4.74 Å². The van der Waals surface area contributed by atoms with E-state index in [1.807, 2.05) is 37.3 Å². The predicted molar refractivity (Wildman–Crippen MR) is 60.5 cm³/mol. The van der Waals surface area contributed by atoms with Gasteiger partial charge in [-0.1, -0.05) is 29.8 Å². The van der Waals surface area contributed by atoms with Crippen LogP contribution in [0.5, 0.6) is 11.5 Å². The summed E-state index contributed by atoms with van der Waals surface area (Å²) in [6.07, 6.45) is 1.66. The number of halogens is 1. The molecule has 0 N–H and O–H groups in total. The van der Waals surface area contributed by atoms with Crippen LogP contribution in [0.3, 0.4) is 0 Å². The molecule has 0 radical (unpaired) electrons. The van der Waals surface area contributed by atoms with E-state index in [4.69, 9.17) is 16.3 Å². The standard InChI is InChI=1S/C12H10ClNO/c1-9-12(13)7-11(8-14-9)15-10-5-3-2-4-6-10/h2-8H,1H3. The smallest absolute Gasteiger partial charge is 0.147 e. The molecule has 0 unspecified atom stereocenters. The van der Waals surface area contributed by atoms with Gasteiger partial charge < -0.3 is 4.74 Å². The van der Waals surface area contributed by atoms with Gasteiger partial charge in [-0.05, 0) is 19.1 Å². The summed E-state index contributed by atoms with van der Waals surface area (Å²) in [7, 11) is 0. The molecule has 0 spiro atoms. The minimum atomic E-state index is 0.614. The molecular formula is C12H10ClNO. The molecule has 0 aliphatic rings. The lowest BCUT2D eigenvalue weighted by Crippen LogP contribution is -1.87. The van der Waals surface area contributed by atoms with Gasteiger partial charge in [0.2, 0.25) is 0 Å². The lowest BCUT2D eigenvalue weighted by atomic mass is 10.3. The van der Waals surface area contributed by atoms with E-state index >= 15 is 0 Å². The lowest BCUT2D eigenvalue weighted by Gasteiger charge is -2.05. The number of aryl methyl sites for hydroxylation is 1. The van der Waals surface area contributed by atoms with Crippen LogP contribution in [0.1, 0.15) is 5.69 Å². The van der Waals surface area contributed by atoms with Crippen molar-refractivity contribution >= 4 is 11.6 Å². The van der Waals surface area contributed by atoms with E-state index in [-0.39, 0.29) is 0 Å². The maximum Gasteiger partial charge on any atom is 0.147 e. The van der Waals surface area contributed by atoms with Gasteiger partial charge in [-0.25, -0.2) is 0 Å². The van der Waals surface area contributed by atoms with Crippen molar-refractivity contribution in [1.82, 2.24) is 4.98 Å². The maximum atomic E-state index is 5.94. The van der Waals surface area contributed by atoms with E-state index in [2.05, 4.69) is 4.98 Å². The van der Waals surface area contributed by atoms with Crippen LogP contribution in [0.25, 0.3) is 0 Å². The Kier molecular flexibility index (Phi) is 2.88. The third-order valence-corrected chi connectivity index (χ3v) is 2.36. The number of benzene rings is 1. The number of para-hydroxylation sites is 1. The number of hydrogen-bond donors (Lipinski definition) is 0. The van der Waals surface area contributed by atoms with Crippen LogP contribution >= 0.6 is 11.6 Å². The zero-order valence-electron chi connectivity index (χ0n) is 8.27. The van der Waals surface area contributed by atoms with Crippen molar-refractivity contribution in [3.05, 3.63) is 53.3 Å². The van der Waals surface area contributed by atoms with Crippen LogP contribution < -0.4 is 4.74 Å². The second kappa shape index (κ2) is 4.32. The van der Waals surface area contributed by atoms with E-state index in [1.165, 1.54) is 0 Å². The molecule has 2 aromatic rings. The average molecular weight is 220 g/mol. The molecular weight excluding hydrogens is 210 g/mol. The molecule has 1 aromatic carbocycles. The maximum absolute atomic E-state index is 5.94. The number of ether oxygens (including phenoxy) is 1. The number of pyridine rings is 1. The first-order valence-electron chi connectivity index (χ1n) is 4.61. The predicted octanol–water partition coefficient (Wildman–Crippen LogP) is 3.84. The van der Waals surface area contributed by atoms with Crippen LogP contribution in [0.15, 0.2) is 42.6 Å². The molecule has 0 aliphatic heterocycles. The largest absolute Gasteiger partial charge is 0.456 e. The molecule has 76 valence electrons. The van der Waals surface area contributed by atoms with Crippen LogP contribution in [0.2, 0.25) is 5.02 Å². The Morgan fingerprint density at radius 2 is 1.87 bits per heavy atom. The van der Waals surface area contributed by atoms with Crippen LogP contribution in [0, 0.1) is 6.92 Å². The van der Waals surface area contributed by atoms with Crippen molar-refractivity contribution in [3.63, 3.8) is 0 Å². The molecule has 2 nitrogen and oxygen atoms in total. The Morgan fingerprint density at radius 1 is 1.13 bits per heavy atom. The van der Waals surface area contributed by atoms with Gasteiger partial charge in [0.05, 0.1) is 16.9 Å². The molecule has 3 heteroatoms. The van der Waals surface area contributed by atoms with E-state index in [0.717, 1.165) is 11.4 Å². The highest BCUT2D eigenvalue weighted by molar-refractivity contribution is 6.31. The molecule has 0 atom stereocenters. The Labute approximate surface area is 93.5 Å². The number of hydrogen-bond acceptors (Lipinski definition) is 2. The molecule has 1 heterocycles. The molecule has 0 saturated carbocycles. The third-order valence-electron chi connectivity index (χ3n) is 1.98. The highest BCUT2D eigenvalue weighted by Gasteiger charge is 2.00. The van der Waals surface area contributed by atoms with Crippen molar-refractivity contribution in [2.24, 2.45) is 0 Å². The van der Waals surface area contributed by atoms with Gasteiger partial charge in [-0.3, -0.25) is 4.98 Å². The molecule has 0 bridgehead atoms. The van der Waals surface area contributed by atoms with E-state index in [0.29, 0.717) is 10.8 Å². The summed E-state index contributed by atoms with van der Waals surface area (Å²) in [6, 6.07) is 11.3. The Hall–Kier alpha value is -1.54. The number of nitrogens with zero attached hydrogens (tertiary/aromatic N) is 1. The van der Waals surface area contributed by atoms with Gasteiger partial charge in [0.25, 0.3) is 0 Å². The van der Waals surface area contributed by atoms with Gasteiger partial charge in [0.1, 0.15) is 11.5 Å². The summed E-state index contributed by atoms with van der Waals surface area (Å²) in [5.41, 5.74) is 0.803. The van der Waals surface area contributed by atoms with Crippen molar-refractivity contribution in [2.75, 3.05) is 0 Å². The quantitative estimate of drug-likeness (QED) is 0.766. The fraction of sp³-hybridized carbons (Fsp3) is 0.0833. The Balaban J connectivity index is 2.22. The Morgan fingerprint density at radius 3 is 2.53 bits per heavy atom. The zero-order chi connectivity index (χ0) is 10.7. The second-order valence-electron chi connectivity index (χ2n) is 3.15. The van der Waals surface area contributed by atoms with Crippen LogP contribution in [-0.2, 0) is 0 Å². The molecule has 2 rings (SSSR count). The number of rotatable bonds is 2. The summed E-state index contributed by atoms with van der Waals surface area (Å²) in [4.78, 5) is 4.12. The summed E-state index contributed by atoms with van der Waals surface area (Å²) < 4.78 is 5.57. The summed E-state index contributed by atoms with van der Waals surface area (Å²) in [6.45, 7) is 1.86. The molecule has 1 aromatic heterocycles. The topological polar surface area (TPSA) is 22.1 Å². The molecule has 15 heavy (non-hydrogen) atoms. The molecule has 0 saturated heterocycles. The lowest BCUT2D eigenvalue weighted by molar-refractivity contribution is 0.480. The zero-order valence-corrected chi connectivity index (χ0v) is 9.03. The van der Waals surface area contributed by atoms with Crippen LogP contribution in [0.4, 0.5) is 0 Å². The average Bonchev–Trinajstić information content (AvgIpc) is 2.25. The summed E-state index contributed by atoms with van der Waals surface area (Å²) in [5.74, 6) is 1.43. The second-order valence-corrected chi connectivity index (χ2v) is 3.56. The Bertz CT molecular complexity index is 456. The van der Waals surface area contributed by atoms with E-state index in [1.54, 1.807) is 12.3 Å². The first-order chi connectivity index (χ1) is 7.25. The SMILES string of the molecule is Cc1ncc(Oc2ccccc2)cc1Cl. The molecule has 0 fully saturated rings. The van der Waals surface area contributed by atoms with Gasteiger partial charge in [-0.2, -0.15) is 0 Å². The molecule has 0 amide bonds. The van der Waals surface area contributed by atoms with Gasteiger partial charge in [0, 0.05) is 6.07 Å². The first-order valence-corrected chi connectivity index (χ1v) is 4.98. The first kappa shape index (κ1) is 9.99. The van der Waals surface area contributed by atoms with Crippen LogP contribution in [-0.4, -0.2) is 4.98 Å². The monoisotopic (exact) mass is 219 g/mol. The highest BCUT2D eigenvalue weighted by atomic mass is 35.5. The third kappa shape index (κ3) is 2.48. The van der Waals surface area contributed by atoms with Crippen molar-refractivity contribution in [3.8, 4) is 11.5 Å². The normalized spacial score (nSPS) is 10.0. The van der Waals surface area contributed by atoms with Gasteiger partial charge in [-0.15, -0.1) is 0 Å². The highest BCUT2D eigenvalue weighted by Crippen LogP contribution is 2.24. The fourth-order valence-corrected chi connectivity index (χ4v) is 1.33. The summed E-state index contributed by atoms with van der Waals surface area (Å²) in [5, 5.41) is 0.614. The number of aromatic nitrogens is 1. The van der Waals surface area contributed by atoms with Gasteiger partial charge in [0.15, 0.2) is 0 Å². The fourth-order valence-electron chi connectivity index (χ4n) is 1.17.